The third-order valence-corrected chi connectivity index (χ3v) is 5.51. The second-order valence-electron chi connectivity index (χ2n) is 8.21. The van der Waals surface area contributed by atoms with Crippen molar-refractivity contribution in [1.29, 1.82) is 0 Å². The van der Waals surface area contributed by atoms with Gasteiger partial charge in [0.25, 0.3) is 0 Å². The van der Waals surface area contributed by atoms with Gasteiger partial charge in [0.1, 0.15) is 0 Å². The van der Waals surface area contributed by atoms with Crippen molar-refractivity contribution in [3.8, 4) is 11.4 Å². The Hall–Kier alpha value is -2.41. The highest BCUT2D eigenvalue weighted by molar-refractivity contribution is 5.64. The van der Waals surface area contributed by atoms with Crippen molar-refractivity contribution in [2.24, 2.45) is 5.73 Å². The van der Waals surface area contributed by atoms with Crippen LogP contribution in [-0.4, -0.2) is 27.9 Å². The maximum absolute atomic E-state index is 10.4. The summed E-state index contributed by atoms with van der Waals surface area (Å²) in [5.74, 6) is 0.973. The van der Waals surface area contributed by atoms with Crippen LogP contribution in [0.2, 0.25) is 0 Å². The highest BCUT2D eigenvalue weighted by Gasteiger charge is 2.15. The number of hydrogen-bond donors (Lipinski definition) is 3. The van der Waals surface area contributed by atoms with Gasteiger partial charge in [0.05, 0.1) is 6.04 Å². The molecule has 1 aromatic carbocycles. The first-order valence-corrected chi connectivity index (χ1v) is 11.8. The summed E-state index contributed by atoms with van der Waals surface area (Å²) in [7, 11) is 0. The SMILES string of the molecule is CCCCCCCCCCc1ccc(-c2noc([C@@H](N)CCCCNC(=O)O)n2)cc1. The van der Waals surface area contributed by atoms with Crippen LogP contribution < -0.4 is 11.1 Å². The number of aryl methyl sites for hydroxylation is 1. The molecule has 0 fully saturated rings. The molecule has 1 aromatic heterocycles. The Balaban J connectivity index is 1.69. The van der Waals surface area contributed by atoms with E-state index in [9.17, 15) is 4.79 Å². The number of nitrogens with zero attached hydrogens (tertiary/aromatic N) is 2. The van der Waals surface area contributed by atoms with Gasteiger partial charge in [-0.25, -0.2) is 4.79 Å². The average molecular weight is 431 g/mol. The molecule has 31 heavy (non-hydrogen) atoms. The Morgan fingerprint density at radius 1 is 1.03 bits per heavy atom. The van der Waals surface area contributed by atoms with Crippen LogP contribution in [0.4, 0.5) is 4.79 Å². The lowest BCUT2D eigenvalue weighted by Crippen LogP contribution is -2.22. The first-order valence-electron chi connectivity index (χ1n) is 11.8. The monoisotopic (exact) mass is 430 g/mol. The minimum Gasteiger partial charge on any atom is -0.465 e. The number of hydrogen-bond acceptors (Lipinski definition) is 5. The van der Waals surface area contributed by atoms with Gasteiger partial charge in [-0.2, -0.15) is 4.98 Å². The number of carboxylic acid groups (broad SMARTS) is 1. The van der Waals surface area contributed by atoms with Crippen LogP contribution in [-0.2, 0) is 6.42 Å². The van der Waals surface area contributed by atoms with E-state index in [1.165, 1.54) is 56.9 Å². The van der Waals surface area contributed by atoms with Crippen LogP contribution in [0.3, 0.4) is 0 Å². The van der Waals surface area contributed by atoms with Crippen LogP contribution >= 0.6 is 0 Å². The fourth-order valence-corrected chi connectivity index (χ4v) is 3.59. The molecule has 1 atom stereocenters. The van der Waals surface area contributed by atoms with E-state index < -0.39 is 6.09 Å². The van der Waals surface area contributed by atoms with Crippen LogP contribution in [0.15, 0.2) is 28.8 Å². The third kappa shape index (κ3) is 9.96. The van der Waals surface area contributed by atoms with Gasteiger partial charge in [-0.3, -0.25) is 0 Å². The van der Waals surface area contributed by atoms with Crippen molar-refractivity contribution in [3.63, 3.8) is 0 Å². The number of aromatic nitrogens is 2. The molecule has 1 amide bonds. The largest absolute Gasteiger partial charge is 0.465 e. The van der Waals surface area contributed by atoms with Crippen molar-refractivity contribution in [1.82, 2.24) is 15.5 Å². The van der Waals surface area contributed by atoms with Gasteiger partial charge < -0.3 is 20.7 Å². The standard InChI is InChI=1S/C24H38N4O3/c1-2-3-4-5-6-7-8-9-12-19-14-16-20(17-15-19)22-27-23(31-28-22)21(25)13-10-11-18-26-24(29)30/h14-17,21,26H,2-13,18,25H2,1H3,(H,29,30)/t21-/m0/s1. The molecule has 1 heterocycles. The number of rotatable bonds is 16. The smallest absolute Gasteiger partial charge is 0.404 e. The van der Waals surface area contributed by atoms with Gasteiger partial charge in [-0.15, -0.1) is 0 Å². The van der Waals surface area contributed by atoms with E-state index in [0.717, 1.165) is 24.8 Å². The molecule has 0 spiro atoms. The second-order valence-corrected chi connectivity index (χ2v) is 8.21. The second kappa shape index (κ2) is 14.6. The summed E-state index contributed by atoms with van der Waals surface area (Å²) in [5, 5.41) is 15.0. The molecule has 0 unspecified atom stereocenters. The molecule has 2 rings (SSSR count). The highest BCUT2D eigenvalue weighted by Crippen LogP contribution is 2.21. The van der Waals surface area contributed by atoms with Gasteiger partial charge >= 0.3 is 6.09 Å². The molecular formula is C24H38N4O3. The number of unbranched alkanes of at least 4 members (excludes halogenated alkanes) is 8. The van der Waals surface area contributed by atoms with E-state index in [2.05, 4.69) is 34.5 Å². The topological polar surface area (TPSA) is 114 Å². The maximum Gasteiger partial charge on any atom is 0.404 e. The molecule has 0 aliphatic rings. The fourth-order valence-electron chi connectivity index (χ4n) is 3.59. The van der Waals surface area contributed by atoms with Crippen molar-refractivity contribution >= 4 is 6.09 Å². The molecule has 0 bridgehead atoms. The zero-order valence-electron chi connectivity index (χ0n) is 18.8. The normalized spacial score (nSPS) is 12.1. The zero-order valence-corrected chi connectivity index (χ0v) is 18.8. The van der Waals surface area contributed by atoms with Gasteiger partial charge in [-0.1, -0.05) is 81.3 Å². The summed E-state index contributed by atoms with van der Waals surface area (Å²) in [6.07, 6.45) is 12.9. The van der Waals surface area contributed by atoms with Gasteiger partial charge in [0, 0.05) is 12.1 Å². The van der Waals surface area contributed by atoms with Crippen LogP contribution in [0.5, 0.6) is 0 Å². The van der Waals surface area contributed by atoms with E-state index in [4.69, 9.17) is 15.4 Å². The number of carbonyl (C=O) groups is 1. The van der Waals surface area contributed by atoms with E-state index >= 15 is 0 Å². The van der Waals surface area contributed by atoms with Crippen molar-refractivity contribution in [2.75, 3.05) is 6.54 Å². The van der Waals surface area contributed by atoms with E-state index in [-0.39, 0.29) is 6.04 Å². The predicted octanol–water partition coefficient (Wildman–Crippen LogP) is 5.86. The molecule has 0 saturated carbocycles. The van der Waals surface area contributed by atoms with E-state index in [1.54, 1.807) is 0 Å². The molecule has 0 aliphatic carbocycles. The third-order valence-electron chi connectivity index (χ3n) is 5.51. The lowest BCUT2D eigenvalue weighted by atomic mass is 10.0. The lowest BCUT2D eigenvalue weighted by molar-refractivity contribution is 0.194. The summed E-state index contributed by atoms with van der Waals surface area (Å²) in [6, 6.07) is 8.02. The Labute approximate surface area is 185 Å². The molecule has 0 saturated heterocycles. The molecule has 0 aliphatic heterocycles. The summed E-state index contributed by atoms with van der Waals surface area (Å²) in [4.78, 5) is 14.9. The predicted molar refractivity (Wildman–Crippen MR) is 123 cm³/mol. The first-order chi connectivity index (χ1) is 15.1. The Morgan fingerprint density at radius 3 is 2.39 bits per heavy atom. The molecule has 172 valence electrons. The van der Waals surface area contributed by atoms with Crippen molar-refractivity contribution < 1.29 is 14.4 Å². The number of benzene rings is 1. The number of nitrogens with two attached hydrogens (primary N) is 1. The van der Waals surface area contributed by atoms with Crippen LogP contribution in [0.1, 0.15) is 95.0 Å². The number of amides is 1. The average Bonchev–Trinajstić information content (AvgIpc) is 3.26. The van der Waals surface area contributed by atoms with Crippen molar-refractivity contribution in [3.05, 3.63) is 35.7 Å². The summed E-state index contributed by atoms with van der Waals surface area (Å²) in [6.45, 7) is 2.67. The van der Waals surface area contributed by atoms with E-state index in [1.807, 2.05) is 12.1 Å². The van der Waals surface area contributed by atoms with Gasteiger partial charge in [0.15, 0.2) is 0 Å². The molecule has 4 N–H and O–H groups in total. The summed E-state index contributed by atoms with van der Waals surface area (Å²) >= 11 is 0. The molecule has 7 nitrogen and oxygen atoms in total. The van der Waals surface area contributed by atoms with Crippen molar-refractivity contribution in [2.45, 2.75) is 90.0 Å². The Bertz CT molecular complexity index is 746. The summed E-state index contributed by atoms with van der Waals surface area (Å²) < 4.78 is 5.34. The molecular weight excluding hydrogens is 392 g/mol. The fraction of sp³-hybridized carbons (Fsp3) is 0.625. The van der Waals surface area contributed by atoms with Crippen LogP contribution in [0, 0.1) is 0 Å². The minimum atomic E-state index is -1.00. The van der Waals surface area contributed by atoms with Gasteiger partial charge in [0.2, 0.25) is 11.7 Å². The Kier molecular flexibility index (Phi) is 11.7. The lowest BCUT2D eigenvalue weighted by Gasteiger charge is -2.06. The first kappa shape index (κ1) is 24.9. The minimum absolute atomic E-state index is 0.340. The van der Waals surface area contributed by atoms with E-state index in [0.29, 0.717) is 24.7 Å². The maximum atomic E-state index is 10.4. The number of nitrogens with one attached hydrogen (secondary N) is 1. The molecule has 2 aromatic rings. The highest BCUT2D eigenvalue weighted by atomic mass is 16.5. The molecule has 0 radical (unpaired) electrons. The molecule has 7 heteroatoms. The van der Waals surface area contributed by atoms with Crippen LogP contribution in [0.25, 0.3) is 11.4 Å². The summed E-state index contributed by atoms with van der Waals surface area (Å²) in [5.41, 5.74) is 8.39. The Morgan fingerprint density at radius 2 is 1.71 bits per heavy atom. The zero-order chi connectivity index (χ0) is 22.3. The van der Waals surface area contributed by atoms with Gasteiger partial charge in [-0.05, 0) is 37.7 Å². The quantitative estimate of drug-likeness (QED) is 0.287.